The number of carbonyl (C=O) groups is 2. The van der Waals surface area contributed by atoms with E-state index in [0.717, 1.165) is 16.7 Å². The maximum Gasteiger partial charge on any atom is 0.282 e. The lowest BCUT2D eigenvalue weighted by molar-refractivity contribution is -0.120. The molecule has 0 spiro atoms. The highest BCUT2D eigenvalue weighted by Gasteiger charge is 2.40. The van der Waals surface area contributed by atoms with E-state index in [1.165, 1.54) is 4.90 Å². The number of anilines is 2. The number of ether oxygens (including phenoxy) is 1. The molecule has 0 fully saturated rings. The Hall–Kier alpha value is -3.57. The molecule has 2 amide bonds. The standard InChI is InChI=1S/C26H23ClN2O3/c1-15-8-11-21(17(3)12-15)23-24(28-18-6-5-7-20(13-18)32-4)26(31)29(25(23)30)19-10-9-16(2)22(27)14-19/h5-14,28H,1-4H3. The number of carbonyl (C=O) groups excluding carboxylic acids is 2. The highest BCUT2D eigenvalue weighted by Crippen LogP contribution is 2.36. The van der Waals surface area contributed by atoms with Crippen LogP contribution in [0.25, 0.3) is 5.57 Å². The molecule has 5 nitrogen and oxygen atoms in total. The highest BCUT2D eigenvalue weighted by atomic mass is 35.5. The smallest absolute Gasteiger partial charge is 0.282 e. The molecule has 0 radical (unpaired) electrons. The number of hydrogen-bond acceptors (Lipinski definition) is 4. The lowest BCUT2D eigenvalue weighted by Crippen LogP contribution is -2.32. The summed E-state index contributed by atoms with van der Waals surface area (Å²) in [7, 11) is 1.58. The SMILES string of the molecule is COc1cccc(NC2=C(c3ccc(C)cc3C)C(=O)N(c3ccc(C)c(Cl)c3)C2=O)c1. The second-order valence-electron chi connectivity index (χ2n) is 7.80. The molecule has 1 aliphatic heterocycles. The van der Waals surface area contributed by atoms with Gasteiger partial charge in [-0.15, -0.1) is 0 Å². The summed E-state index contributed by atoms with van der Waals surface area (Å²) in [5, 5.41) is 3.66. The van der Waals surface area contributed by atoms with Gasteiger partial charge in [0.1, 0.15) is 11.4 Å². The summed E-state index contributed by atoms with van der Waals surface area (Å²) in [6.45, 7) is 5.79. The summed E-state index contributed by atoms with van der Waals surface area (Å²) in [6, 6.07) is 18.2. The Bertz CT molecular complexity index is 1280. The highest BCUT2D eigenvalue weighted by molar-refractivity contribution is 6.46. The monoisotopic (exact) mass is 446 g/mol. The molecule has 1 N–H and O–H groups in total. The molecule has 0 atom stereocenters. The minimum absolute atomic E-state index is 0.215. The molecule has 4 rings (SSSR count). The number of hydrogen-bond donors (Lipinski definition) is 1. The second-order valence-corrected chi connectivity index (χ2v) is 8.21. The van der Waals surface area contributed by atoms with E-state index in [1.54, 1.807) is 31.4 Å². The Morgan fingerprint density at radius 1 is 0.875 bits per heavy atom. The Morgan fingerprint density at radius 2 is 1.66 bits per heavy atom. The largest absolute Gasteiger partial charge is 0.497 e. The van der Waals surface area contributed by atoms with Gasteiger partial charge in [0.05, 0.1) is 18.4 Å². The molecule has 6 heteroatoms. The quantitative estimate of drug-likeness (QED) is 0.513. The summed E-state index contributed by atoms with van der Waals surface area (Å²) < 4.78 is 5.29. The molecule has 1 aliphatic rings. The molecular weight excluding hydrogens is 424 g/mol. The number of rotatable bonds is 5. The Kier molecular flexibility index (Phi) is 5.76. The Balaban J connectivity index is 1.86. The van der Waals surface area contributed by atoms with Crippen LogP contribution in [-0.2, 0) is 9.59 Å². The zero-order valence-corrected chi connectivity index (χ0v) is 19.1. The van der Waals surface area contributed by atoms with Gasteiger partial charge >= 0.3 is 0 Å². The number of benzene rings is 3. The van der Waals surface area contributed by atoms with Crippen molar-refractivity contribution < 1.29 is 14.3 Å². The first-order valence-corrected chi connectivity index (χ1v) is 10.6. The molecule has 0 unspecified atom stereocenters. The maximum atomic E-state index is 13.6. The number of imide groups is 1. The van der Waals surface area contributed by atoms with E-state index < -0.39 is 11.8 Å². The fraction of sp³-hybridized carbons (Fsp3) is 0.154. The van der Waals surface area contributed by atoms with Gasteiger partial charge in [-0.05, 0) is 61.7 Å². The fourth-order valence-electron chi connectivity index (χ4n) is 3.79. The minimum Gasteiger partial charge on any atom is -0.497 e. The summed E-state index contributed by atoms with van der Waals surface area (Å²) in [5.41, 5.74) is 5.18. The molecule has 0 saturated carbocycles. The third kappa shape index (κ3) is 3.87. The number of halogens is 1. The van der Waals surface area contributed by atoms with Gasteiger partial charge in [0.2, 0.25) is 0 Å². The molecule has 3 aromatic carbocycles. The summed E-state index contributed by atoms with van der Waals surface area (Å²) in [6.07, 6.45) is 0. The molecule has 32 heavy (non-hydrogen) atoms. The third-order valence-electron chi connectivity index (χ3n) is 5.49. The summed E-state index contributed by atoms with van der Waals surface area (Å²) in [5.74, 6) is -0.192. The normalized spacial score (nSPS) is 13.7. The van der Waals surface area contributed by atoms with Crippen molar-refractivity contribution in [2.45, 2.75) is 20.8 Å². The predicted octanol–water partition coefficient (Wildman–Crippen LogP) is 5.67. The van der Waals surface area contributed by atoms with Gasteiger partial charge in [-0.3, -0.25) is 9.59 Å². The van der Waals surface area contributed by atoms with Crippen LogP contribution in [0.3, 0.4) is 0 Å². The first-order chi connectivity index (χ1) is 15.3. The van der Waals surface area contributed by atoms with Crippen molar-refractivity contribution in [1.29, 1.82) is 0 Å². The van der Waals surface area contributed by atoms with E-state index in [9.17, 15) is 9.59 Å². The number of nitrogens with zero attached hydrogens (tertiary/aromatic N) is 1. The van der Waals surface area contributed by atoms with E-state index in [2.05, 4.69) is 5.32 Å². The van der Waals surface area contributed by atoms with Crippen molar-refractivity contribution in [2.75, 3.05) is 17.3 Å². The number of amides is 2. The van der Waals surface area contributed by atoms with E-state index >= 15 is 0 Å². The first-order valence-electron chi connectivity index (χ1n) is 10.2. The third-order valence-corrected chi connectivity index (χ3v) is 5.90. The van der Waals surface area contributed by atoms with Crippen LogP contribution in [0.5, 0.6) is 5.75 Å². The van der Waals surface area contributed by atoms with E-state index in [1.807, 2.05) is 57.2 Å². The van der Waals surface area contributed by atoms with Gasteiger partial charge in [-0.25, -0.2) is 4.90 Å². The Morgan fingerprint density at radius 3 is 2.34 bits per heavy atom. The fourth-order valence-corrected chi connectivity index (χ4v) is 3.96. The molecule has 0 aromatic heterocycles. The topological polar surface area (TPSA) is 58.6 Å². The van der Waals surface area contributed by atoms with E-state index in [4.69, 9.17) is 16.3 Å². The molecule has 1 heterocycles. The van der Waals surface area contributed by atoms with Crippen molar-refractivity contribution in [2.24, 2.45) is 0 Å². The molecule has 3 aromatic rings. The first kappa shape index (κ1) is 21.7. The summed E-state index contributed by atoms with van der Waals surface area (Å²) >= 11 is 6.29. The second kappa shape index (κ2) is 8.52. The van der Waals surface area contributed by atoms with Gasteiger partial charge < -0.3 is 10.1 Å². The lowest BCUT2D eigenvalue weighted by Gasteiger charge is -2.16. The van der Waals surface area contributed by atoms with Gasteiger partial charge in [-0.1, -0.05) is 47.5 Å². The van der Waals surface area contributed by atoms with Crippen LogP contribution in [0, 0.1) is 20.8 Å². The van der Waals surface area contributed by atoms with Crippen LogP contribution in [0.4, 0.5) is 11.4 Å². The van der Waals surface area contributed by atoms with Crippen LogP contribution in [0.1, 0.15) is 22.3 Å². The summed E-state index contributed by atoms with van der Waals surface area (Å²) in [4.78, 5) is 28.3. The molecular formula is C26H23ClN2O3. The molecule has 162 valence electrons. The van der Waals surface area contributed by atoms with Crippen LogP contribution in [0.15, 0.2) is 66.4 Å². The van der Waals surface area contributed by atoms with Gasteiger partial charge in [0.25, 0.3) is 11.8 Å². The van der Waals surface area contributed by atoms with E-state index in [-0.39, 0.29) is 5.70 Å². The van der Waals surface area contributed by atoms with Crippen LogP contribution in [0.2, 0.25) is 5.02 Å². The zero-order chi connectivity index (χ0) is 23.0. The maximum absolute atomic E-state index is 13.6. The molecule has 0 aliphatic carbocycles. The van der Waals surface area contributed by atoms with Gasteiger partial charge in [-0.2, -0.15) is 0 Å². The minimum atomic E-state index is -0.437. The number of methoxy groups -OCH3 is 1. The average molecular weight is 447 g/mol. The van der Waals surface area contributed by atoms with Crippen molar-refractivity contribution in [3.05, 3.63) is 93.6 Å². The van der Waals surface area contributed by atoms with Crippen LogP contribution < -0.4 is 15.0 Å². The van der Waals surface area contributed by atoms with Crippen LogP contribution >= 0.6 is 11.6 Å². The van der Waals surface area contributed by atoms with Crippen LogP contribution in [-0.4, -0.2) is 18.9 Å². The lowest BCUT2D eigenvalue weighted by atomic mass is 9.97. The molecule has 0 bridgehead atoms. The predicted molar refractivity (Wildman–Crippen MR) is 128 cm³/mol. The number of aryl methyl sites for hydroxylation is 3. The number of nitrogens with one attached hydrogen (secondary N) is 1. The van der Waals surface area contributed by atoms with E-state index in [0.29, 0.717) is 33.3 Å². The van der Waals surface area contributed by atoms with Crippen molar-refractivity contribution >= 4 is 40.4 Å². The van der Waals surface area contributed by atoms with Gasteiger partial charge in [0, 0.05) is 16.8 Å². The van der Waals surface area contributed by atoms with Crippen molar-refractivity contribution in [3.8, 4) is 5.75 Å². The average Bonchev–Trinajstić information content (AvgIpc) is 3.00. The van der Waals surface area contributed by atoms with Gasteiger partial charge in [0.15, 0.2) is 0 Å². The van der Waals surface area contributed by atoms with Crippen molar-refractivity contribution in [3.63, 3.8) is 0 Å². The molecule has 0 saturated heterocycles. The Labute approximate surface area is 192 Å². The van der Waals surface area contributed by atoms with Crippen molar-refractivity contribution in [1.82, 2.24) is 0 Å². The zero-order valence-electron chi connectivity index (χ0n) is 18.3.